The van der Waals surface area contributed by atoms with Crippen molar-refractivity contribution in [3.63, 3.8) is 0 Å². The highest BCUT2D eigenvalue weighted by molar-refractivity contribution is 6.51. The molecule has 0 aliphatic carbocycles. The van der Waals surface area contributed by atoms with E-state index in [1.54, 1.807) is 43.8 Å². The van der Waals surface area contributed by atoms with Crippen molar-refractivity contribution < 1.29 is 19.4 Å². The Hall–Kier alpha value is -3.93. The van der Waals surface area contributed by atoms with Crippen LogP contribution in [-0.4, -0.2) is 28.9 Å². The predicted octanol–water partition coefficient (Wildman–Crippen LogP) is 5.96. The van der Waals surface area contributed by atoms with Gasteiger partial charge in [0.2, 0.25) is 0 Å². The highest BCUT2D eigenvalue weighted by atomic mass is 16.5. The van der Waals surface area contributed by atoms with Crippen LogP contribution in [0.1, 0.15) is 67.8 Å². The number of methoxy groups -OCH3 is 1. The average molecular weight is 471 g/mol. The second-order valence-corrected chi connectivity index (χ2v) is 9.31. The zero-order valence-electron chi connectivity index (χ0n) is 20.6. The van der Waals surface area contributed by atoms with Crippen LogP contribution in [0.4, 0.5) is 5.69 Å². The van der Waals surface area contributed by atoms with Gasteiger partial charge in [-0.2, -0.15) is 0 Å². The molecule has 6 heteroatoms. The Morgan fingerprint density at radius 1 is 1.00 bits per heavy atom. The normalized spacial score (nSPS) is 17.5. The first-order valence-corrected chi connectivity index (χ1v) is 11.7. The van der Waals surface area contributed by atoms with E-state index in [9.17, 15) is 14.7 Å². The molecular formula is C29H30N2O4. The summed E-state index contributed by atoms with van der Waals surface area (Å²) in [5.74, 6) is -0.469. The number of carbonyl (C=O) groups is 2. The molecule has 2 heterocycles. The molecule has 1 fully saturated rings. The number of hydrogen-bond acceptors (Lipinski definition) is 5. The molecule has 1 N–H and O–H groups in total. The van der Waals surface area contributed by atoms with Crippen LogP contribution in [0.25, 0.3) is 5.76 Å². The molecule has 6 nitrogen and oxygen atoms in total. The van der Waals surface area contributed by atoms with Crippen LogP contribution >= 0.6 is 0 Å². The van der Waals surface area contributed by atoms with E-state index >= 15 is 0 Å². The fraction of sp³-hybridized carbons (Fsp3) is 0.276. The van der Waals surface area contributed by atoms with E-state index < -0.39 is 17.7 Å². The second kappa shape index (κ2) is 9.74. The fourth-order valence-electron chi connectivity index (χ4n) is 4.46. The molecule has 0 saturated carbocycles. The van der Waals surface area contributed by atoms with Crippen LogP contribution in [0.2, 0.25) is 0 Å². The number of anilines is 1. The number of aromatic nitrogens is 1. The smallest absolute Gasteiger partial charge is 0.300 e. The maximum atomic E-state index is 13.4. The molecule has 0 radical (unpaired) electrons. The lowest BCUT2D eigenvalue weighted by Gasteiger charge is -2.25. The van der Waals surface area contributed by atoms with E-state index in [-0.39, 0.29) is 17.3 Å². The largest absolute Gasteiger partial charge is 0.507 e. The number of ketones is 1. The number of benzene rings is 2. The molecule has 2 aromatic carbocycles. The van der Waals surface area contributed by atoms with Crippen LogP contribution in [0.3, 0.4) is 0 Å². The van der Waals surface area contributed by atoms with Gasteiger partial charge in [0.25, 0.3) is 11.7 Å². The molecule has 180 valence electrons. The number of amides is 1. The molecular weight excluding hydrogens is 440 g/mol. The fourth-order valence-corrected chi connectivity index (χ4v) is 4.46. The topological polar surface area (TPSA) is 79.7 Å². The first-order chi connectivity index (χ1) is 16.7. The Balaban J connectivity index is 1.90. The molecule has 35 heavy (non-hydrogen) atoms. The minimum absolute atomic E-state index is 0.0378. The van der Waals surface area contributed by atoms with Gasteiger partial charge < -0.3 is 9.84 Å². The molecule has 0 bridgehead atoms. The van der Waals surface area contributed by atoms with Crippen LogP contribution in [0.15, 0.2) is 72.6 Å². The summed E-state index contributed by atoms with van der Waals surface area (Å²) in [4.78, 5) is 32.3. The number of ether oxygens (including phenoxy) is 1. The van der Waals surface area contributed by atoms with Crippen LogP contribution < -0.4 is 9.64 Å². The monoisotopic (exact) mass is 470 g/mol. The molecule has 4 rings (SSSR count). The number of pyridine rings is 1. The quantitative estimate of drug-likeness (QED) is 0.273. The first-order valence-electron chi connectivity index (χ1n) is 11.7. The lowest BCUT2D eigenvalue weighted by Crippen LogP contribution is -2.29. The summed E-state index contributed by atoms with van der Waals surface area (Å²) in [5.41, 5.74) is 3.74. The zero-order valence-corrected chi connectivity index (χ0v) is 20.6. The number of Topliss-reactive ketones (excluding diaryl/α,β-unsaturated/α-hetero) is 1. The molecule has 1 amide bonds. The summed E-state index contributed by atoms with van der Waals surface area (Å²) in [6.45, 7) is 8.24. The van der Waals surface area contributed by atoms with E-state index in [0.29, 0.717) is 28.5 Å². The summed E-state index contributed by atoms with van der Waals surface area (Å²) < 4.78 is 5.46. The third-order valence-electron chi connectivity index (χ3n) is 6.41. The molecule has 1 saturated heterocycles. The highest BCUT2D eigenvalue weighted by Crippen LogP contribution is 2.42. The van der Waals surface area contributed by atoms with Crippen LogP contribution in [0, 0.1) is 0 Å². The van der Waals surface area contributed by atoms with E-state index in [4.69, 9.17) is 4.74 Å². The minimum Gasteiger partial charge on any atom is -0.507 e. The van der Waals surface area contributed by atoms with Gasteiger partial charge in [0.15, 0.2) is 0 Å². The Morgan fingerprint density at radius 3 is 2.29 bits per heavy atom. The number of nitrogens with zero attached hydrogens (tertiary/aromatic N) is 2. The second-order valence-electron chi connectivity index (χ2n) is 9.31. The van der Waals surface area contributed by atoms with Crippen molar-refractivity contribution in [2.24, 2.45) is 0 Å². The van der Waals surface area contributed by atoms with Gasteiger partial charge in [-0.05, 0) is 64.9 Å². The predicted molar refractivity (Wildman–Crippen MR) is 137 cm³/mol. The molecule has 3 aromatic rings. The molecule has 1 aromatic heterocycles. The molecule has 1 aliphatic heterocycles. The van der Waals surface area contributed by atoms with Crippen molar-refractivity contribution in [3.8, 4) is 5.75 Å². The molecule has 1 unspecified atom stereocenters. The third kappa shape index (κ3) is 4.44. The number of hydrogen-bond donors (Lipinski definition) is 1. The number of aliphatic hydroxyl groups excluding tert-OH is 1. The van der Waals surface area contributed by atoms with Gasteiger partial charge >= 0.3 is 0 Å². The summed E-state index contributed by atoms with van der Waals surface area (Å²) >= 11 is 0. The van der Waals surface area contributed by atoms with Crippen molar-refractivity contribution in [2.45, 2.75) is 45.6 Å². The van der Waals surface area contributed by atoms with Gasteiger partial charge in [0.05, 0.1) is 18.7 Å². The Bertz CT molecular complexity index is 1280. The van der Waals surface area contributed by atoms with Crippen molar-refractivity contribution in [3.05, 3.63) is 94.8 Å². The Morgan fingerprint density at radius 2 is 1.71 bits per heavy atom. The number of carbonyl (C=O) groups excluding carboxylic acids is 2. The summed E-state index contributed by atoms with van der Waals surface area (Å²) in [6.07, 6.45) is 3.25. The zero-order chi connectivity index (χ0) is 25.3. The van der Waals surface area contributed by atoms with Gasteiger partial charge in [0.1, 0.15) is 11.5 Å². The lowest BCUT2D eigenvalue weighted by atomic mass is 9.93. The highest BCUT2D eigenvalue weighted by Gasteiger charge is 2.47. The number of rotatable bonds is 6. The average Bonchev–Trinajstić information content (AvgIpc) is 3.14. The Kier molecular flexibility index (Phi) is 6.74. The lowest BCUT2D eigenvalue weighted by molar-refractivity contribution is -0.132. The van der Waals surface area contributed by atoms with Gasteiger partial charge in [-0.3, -0.25) is 19.5 Å². The maximum Gasteiger partial charge on any atom is 0.300 e. The molecule has 1 aliphatic rings. The van der Waals surface area contributed by atoms with Gasteiger partial charge in [0, 0.05) is 23.6 Å². The van der Waals surface area contributed by atoms with E-state index in [2.05, 4.69) is 18.8 Å². The summed E-state index contributed by atoms with van der Waals surface area (Å²) in [7, 11) is 1.60. The van der Waals surface area contributed by atoms with Gasteiger partial charge in [-0.1, -0.05) is 45.9 Å². The number of aliphatic hydroxyl groups is 1. The SMILES string of the molecule is COc1ccc(/C(O)=C2/C(=O)C(=O)N(c3ccc(C(C)C)cc3)C2c2cccnc2)cc1C(C)C. The van der Waals surface area contributed by atoms with Crippen molar-refractivity contribution >= 4 is 23.1 Å². The van der Waals surface area contributed by atoms with Crippen LogP contribution in [0.5, 0.6) is 5.75 Å². The summed E-state index contributed by atoms with van der Waals surface area (Å²) in [6, 6.07) is 15.6. The standard InChI is InChI=1S/C29H30N2O4/c1-17(2)19-8-11-22(12-9-19)31-26(21-7-6-14-30-16-21)25(28(33)29(31)34)27(32)20-10-13-24(35-5)23(15-20)18(3)4/h6-18,26,32H,1-5H3/b27-25-. The summed E-state index contributed by atoms with van der Waals surface area (Å²) in [5, 5.41) is 11.4. The van der Waals surface area contributed by atoms with Gasteiger partial charge in [-0.15, -0.1) is 0 Å². The third-order valence-corrected chi connectivity index (χ3v) is 6.41. The first kappa shape index (κ1) is 24.2. The minimum atomic E-state index is -0.807. The maximum absolute atomic E-state index is 13.4. The van der Waals surface area contributed by atoms with E-state index in [0.717, 1.165) is 11.1 Å². The van der Waals surface area contributed by atoms with E-state index in [1.165, 1.54) is 4.90 Å². The van der Waals surface area contributed by atoms with E-state index in [1.807, 2.05) is 44.2 Å². The molecule has 1 atom stereocenters. The van der Waals surface area contributed by atoms with Crippen LogP contribution in [-0.2, 0) is 9.59 Å². The van der Waals surface area contributed by atoms with Crippen molar-refractivity contribution in [2.75, 3.05) is 12.0 Å². The van der Waals surface area contributed by atoms with Crippen molar-refractivity contribution in [1.29, 1.82) is 0 Å². The van der Waals surface area contributed by atoms with Gasteiger partial charge in [-0.25, -0.2) is 0 Å². The molecule has 0 spiro atoms. The Labute approximate surface area is 205 Å². The van der Waals surface area contributed by atoms with Crippen molar-refractivity contribution in [1.82, 2.24) is 4.98 Å².